The lowest BCUT2D eigenvalue weighted by Crippen LogP contribution is -2.45. The lowest BCUT2D eigenvalue weighted by atomic mass is 10.2. The van der Waals surface area contributed by atoms with E-state index in [9.17, 15) is 8.42 Å². The van der Waals surface area contributed by atoms with Gasteiger partial charge in [0.15, 0.2) is 9.84 Å². The van der Waals surface area contributed by atoms with Gasteiger partial charge in [-0.15, -0.1) is 0 Å². The number of fused-ring (bicyclic) bond motifs is 1. The van der Waals surface area contributed by atoms with Crippen LogP contribution in [-0.2, 0) is 9.84 Å². The number of sulfone groups is 1. The molecule has 5 nitrogen and oxygen atoms in total. The maximum Gasteiger partial charge on any atom is 0.156 e. The molecule has 1 unspecified atom stereocenters. The van der Waals surface area contributed by atoms with E-state index in [4.69, 9.17) is 4.74 Å². The van der Waals surface area contributed by atoms with Crippen LogP contribution in [0.5, 0.6) is 5.75 Å². The summed E-state index contributed by atoms with van der Waals surface area (Å²) in [4.78, 5) is 6.67. The standard InChI is InChI=1S/C15H18N2O3S/c1-11-10-17(7-8-21(11,18)19)15-6-3-12-9-13(20-2)4-5-14(12)16-15/h3-6,9,11H,7-8,10H2,1-2H3. The van der Waals surface area contributed by atoms with Crippen molar-refractivity contribution >= 4 is 26.6 Å². The molecule has 112 valence electrons. The van der Waals surface area contributed by atoms with Crippen LogP contribution in [-0.4, -0.2) is 44.6 Å². The molecule has 0 bridgehead atoms. The monoisotopic (exact) mass is 306 g/mol. The molecule has 0 saturated carbocycles. The molecule has 0 N–H and O–H groups in total. The number of aromatic nitrogens is 1. The Morgan fingerprint density at radius 3 is 2.81 bits per heavy atom. The molecular weight excluding hydrogens is 288 g/mol. The van der Waals surface area contributed by atoms with E-state index in [1.165, 1.54) is 0 Å². The maximum absolute atomic E-state index is 11.8. The van der Waals surface area contributed by atoms with Crippen LogP contribution in [0.1, 0.15) is 6.92 Å². The van der Waals surface area contributed by atoms with Crippen molar-refractivity contribution in [3.05, 3.63) is 30.3 Å². The third-order valence-corrected chi connectivity index (χ3v) is 6.07. The minimum Gasteiger partial charge on any atom is -0.497 e. The summed E-state index contributed by atoms with van der Waals surface area (Å²) >= 11 is 0. The van der Waals surface area contributed by atoms with E-state index in [2.05, 4.69) is 4.98 Å². The van der Waals surface area contributed by atoms with Crippen LogP contribution < -0.4 is 9.64 Å². The molecule has 1 aliphatic rings. The van der Waals surface area contributed by atoms with E-state index in [1.54, 1.807) is 14.0 Å². The summed E-state index contributed by atoms with van der Waals surface area (Å²) in [5, 5.41) is 0.662. The molecule has 0 radical (unpaired) electrons. The summed E-state index contributed by atoms with van der Waals surface area (Å²) in [5.74, 6) is 1.82. The second kappa shape index (κ2) is 5.18. The largest absolute Gasteiger partial charge is 0.497 e. The Morgan fingerprint density at radius 2 is 2.10 bits per heavy atom. The van der Waals surface area contributed by atoms with Crippen LogP contribution in [0.2, 0.25) is 0 Å². The number of pyridine rings is 1. The van der Waals surface area contributed by atoms with Gasteiger partial charge in [-0.25, -0.2) is 13.4 Å². The second-order valence-corrected chi connectivity index (χ2v) is 7.89. The predicted octanol–water partition coefficient (Wildman–Crippen LogP) is 1.87. The summed E-state index contributed by atoms with van der Waals surface area (Å²) in [6.45, 7) is 2.76. The van der Waals surface area contributed by atoms with Crippen molar-refractivity contribution in [2.45, 2.75) is 12.2 Å². The van der Waals surface area contributed by atoms with E-state index in [0.29, 0.717) is 13.1 Å². The normalized spacial score (nSPS) is 21.4. The molecule has 2 heterocycles. The van der Waals surface area contributed by atoms with Crippen LogP contribution in [0.15, 0.2) is 30.3 Å². The molecule has 3 rings (SSSR count). The molecule has 1 aromatic heterocycles. The van der Waals surface area contributed by atoms with E-state index < -0.39 is 9.84 Å². The van der Waals surface area contributed by atoms with Crippen LogP contribution in [0.3, 0.4) is 0 Å². The minimum absolute atomic E-state index is 0.191. The zero-order valence-corrected chi connectivity index (χ0v) is 12.9. The average Bonchev–Trinajstić information content (AvgIpc) is 2.49. The van der Waals surface area contributed by atoms with E-state index in [1.807, 2.05) is 35.2 Å². The Morgan fingerprint density at radius 1 is 1.29 bits per heavy atom. The van der Waals surface area contributed by atoms with Gasteiger partial charge in [0, 0.05) is 18.5 Å². The van der Waals surface area contributed by atoms with Crippen LogP contribution in [0.25, 0.3) is 10.9 Å². The van der Waals surface area contributed by atoms with Gasteiger partial charge in [-0.1, -0.05) is 0 Å². The van der Waals surface area contributed by atoms with Gasteiger partial charge < -0.3 is 9.64 Å². The third kappa shape index (κ3) is 2.68. The van der Waals surface area contributed by atoms with Gasteiger partial charge >= 0.3 is 0 Å². The van der Waals surface area contributed by atoms with Gasteiger partial charge in [-0.05, 0) is 37.3 Å². The number of benzene rings is 1. The molecular formula is C15H18N2O3S. The average molecular weight is 306 g/mol. The number of nitrogens with zero attached hydrogens (tertiary/aromatic N) is 2. The van der Waals surface area contributed by atoms with Gasteiger partial charge in [-0.3, -0.25) is 0 Å². The number of anilines is 1. The molecule has 1 aromatic carbocycles. The summed E-state index contributed by atoms with van der Waals surface area (Å²) < 4.78 is 28.8. The summed E-state index contributed by atoms with van der Waals surface area (Å²) in [6.07, 6.45) is 0. The van der Waals surface area contributed by atoms with Crippen molar-refractivity contribution < 1.29 is 13.2 Å². The Bertz CT molecular complexity index is 774. The highest BCUT2D eigenvalue weighted by Gasteiger charge is 2.29. The molecule has 0 aliphatic carbocycles. The summed E-state index contributed by atoms with van der Waals surface area (Å²) in [6, 6.07) is 9.67. The SMILES string of the molecule is COc1ccc2nc(N3CCS(=O)(=O)C(C)C3)ccc2c1. The van der Waals surface area contributed by atoms with Crippen LogP contribution in [0, 0.1) is 0 Å². The lowest BCUT2D eigenvalue weighted by molar-refractivity contribution is 0.415. The first kappa shape index (κ1) is 14.1. The van der Waals surface area contributed by atoms with Crippen molar-refractivity contribution in [2.75, 3.05) is 30.9 Å². The predicted molar refractivity (Wildman–Crippen MR) is 83.8 cm³/mol. The highest BCUT2D eigenvalue weighted by Crippen LogP contribution is 2.24. The quantitative estimate of drug-likeness (QED) is 0.847. The van der Waals surface area contributed by atoms with Crippen molar-refractivity contribution in [3.63, 3.8) is 0 Å². The Hall–Kier alpha value is -1.82. The zero-order valence-electron chi connectivity index (χ0n) is 12.1. The molecule has 1 saturated heterocycles. The van der Waals surface area contributed by atoms with Gasteiger partial charge in [0.1, 0.15) is 11.6 Å². The molecule has 0 amide bonds. The first-order valence-electron chi connectivity index (χ1n) is 6.91. The summed E-state index contributed by atoms with van der Waals surface area (Å²) in [7, 11) is -1.30. The fourth-order valence-electron chi connectivity index (χ4n) is 2.56. The van der Waals surface area contributed by atoms with Crippen molar-refractivity contribution in [1.82, 2.24) is 4.98 Å². The lowest BCUT2D eigenvalue weighted by Gasteiger charge is -2.31. The summed E-state index contributed by atoms with van der Waals surface area (Å²) in [5.41, 5.74) is 0.884. The number of ether oxygens (including phenoxy) is 1. The number of rotatable bonds is 2. The molecule has 1 fully saturated rings. The number of hydrogen-bond donors (Lipinski definition) is 0. The fourth-order valence-corrected chi connectivity index (χ4v) is 3.84. The Kier molecular flexibility index (Phi) is 3.49. The molecule has 6 heteroatoms. The van der Waals surface area contributed by atoms with E-state index >= 15 is 0 Å². The third-order valence-electron chi connectivity index (χ3n) is 3.94. The number of hydrogen-bond acceptors (Lipinski definition) is 5. The van der Waals surface area contributed by atoms with Gasteiger partial charge in [-0.2, -0.15) is 0 Å². The van der Waals surface area contributed by atoms with Gasteiger partial charge in [0.05, 0.1) is 23.6 Å². The molecule has 2 aromatic rings. The highest BCUT2D eigenvalue weighted by molar-refractivity contribution is 7.92. The molecule has 1 aliphatic heterocycles. The van der Waals surface area contributed by atoms with Crippen molar-refractivity contribution in [1.29, 1.82) is 0 Å². The van der Waals surface area contributed by atoms with Crippen molar-refractivity contribution in [2.24, 2.45) is 0 Å². The molecule has 0 spiro atoms. The van der Waals surface area contributed by atoms with E-state index in [-0.39, 0.29) is 11.0 Å². The van der Waals surface area contributed by atoms with E-state index in [0.717, 1.165) is 22.5 Å². The van der Waals surface area contributed by atoms with Gasteiger partial charge in [0.25, 0.3) is 0 Å². The topological polar surface area (TPSA) is 59.5 Å². The van der Waals surface area contributed by atoms with Crippen LogP contribution >= 0.6 is 0 Å². The zero-order chi connectivity index (χ0) is 15.0. The molecule has 1 atom stereocenters. The first-order valence-corrected chi connectivity index (χ1v) is 8.62. The minimum atomic E-state index is -2.94. The Labute approximate surface area is 124 Å². The van der Waals surface area contributed by atoms with Crippen molar-refractivity contribution in [3.8, 4) is 5.75 Å². The number of methoxy groups -OCH3 is 1. The second-order valence-electron chi connectivity index (χ2n) is 5.35. The fraction of sp³-hybridized carbons (Fsp3) is 0.400. The van der Waals surface area contributed by atoms with Gasteiger partial charge in [0.2, 0.25) is 0 Å². The first-order chi connectivity index (χ1) is 9.99. The highest BCUT2D eigenvalue weighted by atomic mass is 32.2. The molecule has 21 heavy (non-hydrogen) atoms. The van der Waals surface area contributed by atoms with Crippen LogP contribution in [0.4, 0.5) is 5.82 Å². The maximum atomic E-state index is 11.8. The Balaban J connectivity index is 1.91. The smallest absolute Gasteiger partial charge is 0.156 e.